The van der Waals surface area contributed by atoms with Crippen molar-refractivity contribution in [2.24, 2.45) is 0 Å². The number of para-hydroxylation sites is 2. The van der Waals surface area contributed by atoms with Crippen molar-refractivity contribution in [1.29, 1.82) is 0 Å². The van der Waals surface area contributed by atoms with E-state index in [1.165, 1.54) is 105 Å². The van der Waals surface area contributed by atoms with Gasteiger partial charge in [-0.25, -0.2) is 0 Å². The molecule has 0 atom stereocenters. The lowest BCUT2D eigenvalue weighted by molar-refractivity contribution is 0.793. The molecule has 2 aliphatic carbocycles. The summed E-state index contributed by atoms with van der Waals surface area (Å²) in [6.45, 7) is 0. The third-order valence-electron chi connectivity index (χ3n) is 14.4. The van der Waals surface area contributed by atoms with Crippen LogP contribution in [0, 0.1) is 0 Å². The first kappa shape index (κ1) is 36.1. The maximum absolute atomic E-state index is 2.57. The number of hydrogen-bond acceptors (Lipinski definition) is 1. The van der Waals surface area contributed by atoms with Crippen molar-refractivity contribution in [3.63, 3.8) is 0 Å². The molecule has 14 rings (SSSR count). The summed E-state index contributed by atoms with van der Waals surface area (Å²) in [4.78, 5) is 2.57. The number of fused-ring (bicyclic) bond motifs is 15. The van der Waals surface area contributed by atoms with Crippen LogP contribution in [0.1, 0.15) is 22.3 Å². The highest BCUT2D eigenvalue weighted by molar-refractivity contribution is 6.23. The minimum Gasteiger partial charge on any atom is -0.309 e. The van der Waals surface area contributed by atoms with Crippen LogP contribution in [0.3, 0.4) is 0 Å². The number of anilines is 3. The summed E-state index contributed by atoms with van der Waals surface area (Å²) in [5.41, 5.74) is 19.4. The first-order valence-corrected chi connectivity index (χ1v) is 22.6. The summed E-state index contributed by atoms with van der Waals surface area (Å²) >= 11 is 0. The maximum atomic E-state index is 2.57. The molecule has 2 aliphatic rings. The smallest absolute Gasteiger partial charge is 0.0726 e. The van der Waals surface area contributed by atoms with Crippen molar-refractivity contribution in [1.82, 2.24) is 4.57 Å². The molecule has 0 fully saturated rings. The van der Waals surface area contributed by atoms with Crippen LogP contribution in [-0.4, -0.2) is 4.57 Å². The average molecular weight is 825 g/mol. The van der Waals surface area contributed by atoms with Gasteiger partial charge in [0.2, 0.25) is 0 Å². The molecule has 65 heavy (non-hydrogen) atoms. The van der Waals surface area contributed by atoms with E-state index in [1.54, 1.807) is 0 Å². The molecule has 2 heteroatoms. The fraction of sp³-hybridized carbons (Fsp3) is 0.0159. The predicted molar refractivity (Wildman–Crippen MR) is 272 cm³/mol. The van der Waals surface area contributed by atoms with Crippen LogP contribution in [0.2, 0.25) is 0 Å². The molecular formula is C63H40N2. The Kier molecular flexibility index (Phi) is 7.64. The second kappa shape index (κ2) is 13.8. The van der Waals surface area contributed by atoms with Crippen LogP contribution in [0.25, 0.3) is 82.4 Å². The molecule has 2 nitrogen and oxygen atoms in total. The van der Waals surface area contributed by atoms with Crippen molar-refractivity contribution >= 4 is 60.4 Å². The summed E-state index contributed by atoms with van der Waals surface area (Å²) in [7, 11) is 0. The lowest BCUT2D eigenvalue weighted by Gasteiger charge is -2.33. The van der Waals surface area contributed by atoms with Crippen LogP contribution in [0.4, 0.5) is 17.1 Å². The Hall–Kier alpha value is -8.46. The monoisotopic (exact) mass is 824 g/mol. The number of benzene rings is 11. The molecule has 0 aliphatic heterocycles. The predicted octanol–water partition coefficient (Wildman–Crippen LogP) is 16.6. The molecule has 1 spiro atoms. The first-order valence-electron chi connectivity index (χ1n) is 22.6. The second-order valence-electron chi connectivity index (χ2n) is 17.5. The Morgan fingerprint density at radius 3 is 1.37 bits per heavy atom. The molecule has 1 aromatic heterocycles. The lowest BCUT2D eigenvalue weighted by Crippen LogP contribution is -2.26. The fourth-order valence-corrected chi connectivity index (χ4v) is 11.8. The Balaban J connectivity index is 1.11. The molecular weight excluding hydrogens is 785 g/mol. The highest BCUT2D eigenvalue weighted by Gasteiger charge is 2.51. The first-order chi connectivity index (χ1) is 32.3. The molecule has 12 aromatic rings. The topological polar surface area (TPSA) is 8.17 Å². The lowest BCUT2D eigenvalue weighted by atomic mass is 9.70. The Morgan fingerprint density at radius 1 is 0.308 bits per heavy atom. The van der Waals surface area contributed by atoms with Gasteiger partial charge in [-0.2, -0.15) is 0 Å². The van der Waals surface area contributed by atoms with Gasteiger partial charge in [-0.05, 0) is 115 Å². The molecule has 0 saturated heterocycles. The van der Waals surface area contributed by atoms with Crippen molar-refractivity contribution in [3.05, 3.63) is 265 Å². The van der Waals surface area contributed by atoms with Crippen molar-refractivity contribution in [2.45, 2.75) is 5.41 Å². The third kappa shape index (κ3) is 4.94. The number of aromatic nitrogens is 1. The molecule has 0 unspecified atom stereocenters. The van der Waals surface area contributed by atoms with E-state index in [2.05, 4.69) is 252 Å². The minimum absolute atomic E-state index is 0.477. The molecule has 0 bridgehead atoms. The van der Waals surface area contributed by atoms with Gasteiger partial charge < -0.3 is 9.47 Å². The molecule has 0 saturated carbocycles. The van der Waals surface area contributed by atoms with Gasteiger partial charge in [0.25, 0.3) is 0 Å². The summed E-state index contributed by atoms with van der Waals surface area (Å²) in [6.07, 6.45) is 0. The van der Waals surface area contributed by atoms with E-state index in [-0.39, 0.29) is 0 Å². The minimum atomic E-state index is -0.477. The van der Waals surface area contributed by atoms with E-state index in [1.807, 2.05) is 0 Å². The summed E-state index contributed by atoms with van der Waals surface area (Å²) in [6, 6.07) is 90.2. The third-order valence-corrected chi connectivity index (χ3v) is 14.4. The van der Waals surface area contributed by atoms with E-state index < -0.39 is 5.41 Å². The van der Waals surface area contributed by atoms with Crippen molar-refractivity contribution in [2.75, 3.05) is 4.90 Å². The summed E-state index contributed by atoms with van der Waals surface area (Å²) < 4.78 is 2.41. The fourth-order valence-electron chi connectivity index (χ4n) is 11.8. The van der Waals surface area contributed by atoms with Gasteiger partial charge in [-0.3, -0.25) is 0 Å². The molecule has 0 amide bonds. The van der Waals surface area contributed by atoms with Crippen LogP contribution in [-0.2, 0) is 5.41 Å². The van der Waals surface area contributed by atoms with Gasteiger partial charge in [0.05, 0.1) is 22.1 Å². The Morgan fingerprint density at radius 2 is 0.754 bits per heavy atom. The number of nitrogens with zero attached hydrogens (tertiary/aromatic N) is 2. The zero-order valence-corrected chi connectivity index (χ0v) is 35.5. The standard InChI is InChI=1S/C63H40N2/c1-3-19-41(20-4-1)61-50-27-7-9-29-52(50)62(53-30-10-8-28-51(53)61)64(43-36-38-60-54(39-43)49-26-14-18-34-59(49)65(60)42-21-5-2-6-22-42)44-35-37-48-47-25-13-17-33-57(47)63(58(48)40-44)55-31-15-11-23-45(55)46-24-12-16-32-56(46)63/h1-40H. The zero-order valence-electron chi connectivity index (χ0n) is 35.5. The van der Waals surface area contributed by atoms with E-state index in [4.69, 9.17) is 0 Å². The highest BCUT2D eigenvalue weighted by atomic mass is 15.1. The van der Waals surface area contributed by atoms with E-state index in [0.717, 1.165) is 17.1 Å². The maximum Gasteiger partial charge on any atom is 0.0726 e. The summed E-state index contributed by atoms with van der Waals surface area (Å²) in [5, 5.41) is 7.29. The Labute approximate surface area is 377 Å². The van der Waals surface area contributed by atoms with Gasteiger partial charge in [-0.1, -0.05) is 194 Å². The summed E-state index contributed by atoms with van der Waals surface area (Å²) in [5.74, 6) is 0. The van der Waals surface area contributed by atoms with Gasteiger partial charge in [-0.15, -0.1) is 0 Å². The van der Waals surface area contributed by atoms with E-state index >= 15 is 0 Å². The van der Waals surface area contributed by atoms with E-state index in [0.29, 0.717) is 0 Å². The largest absolute Gasteiger partial charge is 0.309 e. The molecule has 302 valence electrons. The Bertz CT molecular complexity index is 3780. The highest BCUT2D eigenvalue weighted by Crippen LogP contribution is 2.63. The number of rotatable bonds is 5. The van der Waals surface area contributed by atoms with Crippen molar-refractivity contribution < 1.29 is 0 Å². The quantitative estimate of drug-likeness (QED) is 0.157. The zero-order chi connectivity index (χ0) is 42.6. The number of hydrogen-bond donors (Lipinski definition) is 0. The van der Waals surface area contributed by atoms with Crippen LogP contribution in [0.15, 0.2) is 243 Å². The van der Waals surface area contributed by atoms with Gasteiger partial charge >= 0.3 is 0 Å². The molecule has 0 radical (unpaired) electrons. The van der Waals surface area contributed by atoms with Crippen LogP contribution >= 0.6 is 0 Å². The van der Waals surface area contributed by atoms with E-state index in [9.17, 15) is 0 Å². The van der Waals surface area contributed by atoms with Crippen molar-refractivity contribution in [3.8, 4) is 39.1 Å². The average Bonchev–Trinajstić information content (AvgIpc) is 3.98. The van der Waals surface area contributed by atoms with Gasteiger partial charge in [0.1, 0.15) is 0 Å². The van der Waals surface area contributed by atoms with Gasteiger partial charge in [0.15, 0.2) is 0 Å². The molecule has 11 aromatic carbocycles. The van der Waals surface area contributed by atoms with Gasteiger partial charge in [0, 0.05) is 38.6 Å². The van der Waals surface area contributed by atoms with Crippen LogP contribution in [0.5, 0.6) is 0 Å². The normalized spacial score (nSPS) is 13.0. The second-order valence-corrected chi connectivity index (χ2v) is 17.5. The SMILES string of the molecule is c1ccc(-c2c3ccccc3c(N(c3ccc4c(c3)C3(c5ccccc5-c5ccccc53)c3ccccc3-4)c3ccc4c(c3)c3ccccc3n4-c3ccccc3)c3ccccc23)cc1. The molecule has 1 heterocycles. The molecule has 0 N–H and O–H groups in total. The van der Waals surface area contributed by atoms with Crippen LogP contribution < -0.4 is 4.90 Å².